The zero-order valence-electron chi connectivity index (χ0n) is 14.4. The monoisotopic (exact) mass is 381 g/mol. The first-order chi connectivity index (χ1) is 13.1. The van der Waals surface area contributed by atoms with Gasteiger partial charge in [0.2, 0.25) is 5.95 Å². The van der Waals surface area contributed by atoms with Gasteiger partial charge in [0, 0.05) is 24.4 Å². The van der Waals surface area contributed by atoms with Crippen molar-refractivity contribution in [1.29, 1.82) is 5.26 Å². The predicted octanol–water partition coefficient (Wildman–Crippen LogP) is 1.91. The van der Waals surface area contributed by atoms with Crippen LogP contribution in [0.15, 0.2) is 43.1 Å². The van der Waals surface area contributed by atoms with Crippen LogP contribution in [0.25, 0.3) is 5.69 Å². The number of alkyl halides is 1. The number of anilines is 1. The number of nitrogens with zero attached hydrogens (tertiary/aromatic N) is 6. The first-order valence-corrected chi connectivity index (χ1v) is 9.03. The normalized spacial score (nSPS) is 21.3. The molecule has 136 valence electrons. The second kappa shape index (κ2) is 7.01. The summed E-state index contributed by atoms with van der Waals surface area (Å²) in [5, 5.41) is 17.2. The maximum Gasteiger partial charge on any atom is 0.222 e. The van der Waals surface area contributed by atoms with E-state index in [1.807, 2.05) is 18.2 Å². The molecule has 0 bridgehead atoms. The van der Waals surface area contributed by atoms with Gasteiger partial charge >= 0.3 is 0 Å². The minimum absolute atomic E-state index is 0.358. The molecule has 0 amide bonds. The van der Waals surface area contributed by atoms with E-state index in [4.69, 9.17) is 5.26 Å². The molecule has 9 heteroatoms. The highest BCUT2D eigenvalue weighted by Crippen LogP contribution is 2.44. The Hall–Kier alpha value is -2.91. The third-order valence-electron chi connectivity index (χ3n) is 4.77. The molecule has 0 aromatic carbocycles. The van der Waals surface area contributed by atoms with Gasteiger partial charge in [-0.15, -0.1) is 9.24 Å². The smallest absolute Gasteiger partial charge is 0.222 e. The third kappa shape index (κ3) is 3.38. The van der Waals surface area contributed by atoms with Crippen molar-refractivity contribution in [2.24, 2.45) is 0 Å². The Bertz CT molecular complexity index is 989. The molecule has 3 aromatic rings. The molecule has 1 fully saturated rings. The lowest BCUT2D eigenvalue weighted by molar-refractivity contribution is 0.100. The van der Waals surface area contributed by atoms with E-state index >= 15 is 0 Å². The molecule has 0 saturated heterocycles. The van der Waals surface area contributed by atoms with Gasteiger partial charge in [-0.05, 0) is 24.2 Å². The molecule has 1 atom stereocenters. The van der Waals surface area contributed by atoms with Crippen LogP contribution in [-0.4, -0.2) is 37.4 Å². The van der Waals surface area contributed by atoms with Gasteiger partial charge in [0.05, 0.1) is 29.8 Å². The van der Waals surface area contributed by atoms with Gasteiger partial charge in [-0.25, -0.2) is 19.0 Å². The van der Waals surface area contributed by atoms with E-state index in [0.29, 0.717) is 36.6 Å². The van der Waals surface area contributed by atoms with Crippen molar-refractivity contribution < 1.29 is 4.39 Å². The van der Waals surface area contributed by atoms with Crippen molar-refractivity contribution in [2.75, 3.05) is 11.9 Å². The van der Waals surface area contributed by atoms with Crippen LogP contribution in [0.3, 0.4) is 0 Å². The Morgan fingerprint density at radius 2 is 2.07 bits per heavy atom. The molecule has 4 rings (SSSR count). The standard InChI is InChI=1S/C18H17FN7P/c19-13-4-18(5-13,16-15(27)2-1-3-21-16)11-24-17-22-8-14(9-23-17)26-10-12(6-20)7-25-26/h1-3,7-10,13H,4-5,11,27H2,(H,22,23,24)/t13-,18-. The van der Waals surface area contributed by atoms with Crippen LogP contribution in [0.2, 0.25) is 0 Å². The van der Waals surface area contributed by atoms with Crippen molar-refractivity contribution in [1.82, 2.24) is 24.7 Å². The van der Waals surface area contributed by atoms with Crippen LogP contribution < -0.4 is 10.6 Å². The van der Waals surface area contributed by atoms with Crippen molar-refractivity contribution in [3.63, 3.8) is 0 Å². The van der Waals surface area contributed by atoms with Gasteiger partial charge < -0.3 is 5.32 Å². The summed E-state index contributed by atoms with van der Waals surface area (Å²) in [5.41, 5.74) is 1.66. The molecule has 0 aliphatic heterocycles. The second-order valence-corrected chi connectivity index (χ2v) is 7.25. The summed E-state index contributed by atoms with van der Waals surface area (Å²) in [4.78, 5) is 13.1. The van der Waals surface area contributed by atoms with Crippen LogP contribution in [0.5, 0.6) is 0 Å². The molecule has 1 unspecified atom stereocenters. The largest absolute Gasteiger partial charge is 0.353 e. The Morgan fingerprint density at radius 1 is 1.30 bits per heavy atom. The van der Waals surface area contributed by atoms with Crippen LogP contribution in [0.4, 0.5) is 10.3 Å². The topological polar surface area (TPSA) is 92.3 Å². The van der Waals surface area contributed by atoms with Gasteiger partial charge in [0.15, 0.2) is 0 Å². The summed E-state index contributed by atoms with van der Waals surface area (Å²) in [5.74, 6) is 0.453. The lowest BCUT2D eigenvalue weighted by atomic mass is 9.65. The molecule has 3 heterocycles. The molecule has 7 nitrogen and oxygen atoms in total. The van der Waals surface area contributed by atoms with E-state index in [1.54, 1.807) is 24.8 Å². The van der Waals surface area contributed by atoms with E-state index < -0.39 is 6.17 Å². The second-order valence-electron chi connectivity index (χ2n) is 6.63. The fraction of sp³-hybridized carbons (Fsp3) is 0.278. The third-order valence-corrected chi connectivity index (χ3v) is 5.23. The summed E-state index contributed by atoms with van der Waals surface area (Å²) in [6.45, 7) is 0.505. The van der Waals surface area contributed by atoms with E-state index in [-0.39, 0.29) is 5.41 Å². The summed E-state index contributed by atoms with van der Waals surface area (Å²) < 4.78 is 15.2. The summed E-state index contributed by atoms with van der Waals surface area (Å²) in [7, 11) is 2.68. The Labute approximate surface area is 157 Å². The molecular formula is C18H17FN7P. The van der Waals surface area contributed by atoms with E-state index in [0.717, 1.165) is 11.0 Å². The highest BCUT2D eigenvalue weighted by molar-refractivity contribution is 7.27. The lowest BCUT2D eigenvalue weighted by Crippen LogP contribution is -2.50. The number of hydrogen-bond donors (Lipinski definition) is 1. The van der Waals surface area contributed by atoms with Crippen LogP contribution in [-0.2, 0) is 5.41 Å². The predicted molar refractivity (Wildman–Crippen MR) is 102 cm³/mol. The maximum absolute atomic E-state index is 13.7. The molecule has 1 aliphatic rings. The summed E-state index contributed by atoms with van der Waals surface area (Å²) in [6.07, 6.45) is 8.12. The number of nitriles is 1. The van der Waals surface area contributed by atoms with Crippen LogP contribution >= 0.6 is 9.24 Å². The molecular weight excluding hydrogens is 364 g/mol. The molecule has 1 aliphatic carbocycles. The maximum atomic E-state index is 13.7. The van der Waals surface area contributed by atoms with Gasteiger partial charge in [-0.1, -0.05) is 6.07 Å². The molecule has 1 saturated carbocycles. The summed E-state index contributed by atoms with van der Waals surface area (Å²) in [6, 6.07) is 5.86. The Morgan fingerprint density at radius 3 is 2.70 bits per heavy atom. The SMILES string of the molecule is N#Cc1cnn(-c2cnc(NC[C@]3(c4ncccc4P)C[C@H](F)C3)nc2)c1. The molecule has 27 heavy (non-hydrogen) atoms. The quantitative estimate of drug-likeness (QED) is 0.679. The Kier molecular flexibility index (Phi) is 4.54. The minimum Gasteiger partial charge on any atom is -0.353 e. The number of hydrogen-bond acceptors (Lipinski definition) is 6. The zero-order chi connectivity index (χ0) is 18.9. The molecule has 0 spiro atoms. The number of nitrogens with one attached hydrogen (secondary N) is 1. The van der Waals surface area contributed by atoms with Gasteiger partial charge in [0.1, 0.15) is 17.9 Å². The van der Waals surface area contributed by atoms with Crippen molar-refractivity contribution in [2.45, 2.75) is 24.4 Å². The van der Waals surface area contributed by atoms with E-state index in [2.05, 4.69) is 34.6 Å². The van der Waals surface area contributed by atoms with Crippen LogP contribution in [0.1, 0.15) is 24.1 Å². The molecule has 3 aromatic heterocycles. The first kappa shape index (κ1) is 17.5. The lowest BCUT2D eigenvalue weighted by Gasteiger charge is -2.44. The van der Waals surface area contributed by atoms with Crippen molar-refractivity contribution in [3.8, 4) is 11.8 Å². The zero-order valence-corrected chi connectivity index (χ0v) is 15.5. The highest BCUT2D eigenvalue weighted by atomic mass is 31.0. The van der Waals surface area contributed by atoms with Crippen molar-refractivity contribution >= 4 is 20.5 Å². The molecule has 1 N–H and O–H groups in total. The number of halogens is 1. The number of rotatable bonds is 5. The first-order valence-electron chi connectivity index (χ1n) is 8.46. The van der Waals surface area contributed by atoms with Gasteiger partial charge in [-0.3, -0.25) is 4.98 Å². The number of pyridine rings is 1. The minimum atomic E-state index is -0.810. The van der Waals surface area contributed by atoms with Crippen LogP contribution in [0, 0.1) is 11.3 Å². The van der Waals surface area contributed by atoms with Gasteiger partial charge in [-0.2, -0.15) is 10.4 Å². The van der Waals surface area contributed by atoms with Gasteiger partial charge in [0.25, 0.3) is 0 Å². The number of aromatic nitrogens is 5. The van der Waals surface area contributed by atoms with E-state index in [1.165, 1.54) is 10.9 Å². The van der Waals surface area contributed by atoms with E-state index in [9.17, 15) is 4.39 Å². The average Bonchev–Trinajstić information content (AvgIpc) is 3.14. The fourth-order valence-corrected chi connectivity index (χ4v) is 3.86. The fourth-order valence-electron chi connectivity index (χ4n) is 3.37. The average molecular weight is 381 g/mol. The highest BCUT2D eigenvalue weighted by Gasteiger charge is 2.47. The van der Waals surface area contributed by atoms with Crippen molar-refractivity contribution in [3.05, 3.63) is 54.4 Å². The molecule has 0 radical (unpaired) electrons. The summed E-state index contributed by atoms with van der Waals surface area (Å²) >= 11 is 0. The Balaban J connectivity index is 1.49.